The third-order valence-electron chi connectivity index (χ3n) is 4.72. The molecule has 0 bridgehead atoms. The summed E-state index contributed by atoms with van der Waals surface area (Å²) >= 11 is 0. The second kappa shape index (κ2) is 6.59. The summed E-state index contributed by atoms with van der Waals surface area (Å²) in [5, 5.41) is 1.05. The van der Waals surface area contributed by atoms with Crippen LogP contribution >= 0.6 is 0 Å². The fourth-order valence-electron chi connectivity index (χ4n) is 3.43. The molecule has 0 unspecified atom stereocenters. The van der Waals surface area contributed by atoms with Gasteiger partial charge in [0.2, 0.25) is 0 Å². The number of carbonyl (C=O) groups excluding carboxylic acids is 1. The zero-order valence-electron chi connectivity index (χ0n) is 14.2. The largest absolute Gasteiger partial charge is 0.337 e. The molecule has 4 rings (SSSR count). The van der Waals surface area contributed by atoms with Crippen molar-refractivity contribution in [3.05, 3.63) is 65.9 Å². The van der Waals surface area contributed by atoms with Crippen LogP contribution in [0.3, 0.4) is 0 Å². The Bertz CT molecular complexity index is 924. The maximum absolute atomic E-state index is 12.9. The zero-order valence-corrected chi connectivity index (χ0v) is 14.2. The summed E-state index contributed by atoms with van der Waals surface area (Å²) in [6.07, 6.45) is 5.58. The van der Waals surface area contributed by atoms with Gasteiger partial charge in [-0.3, -0.25) is 14.8 Å². The first-order chi connectivity index (χ1) is 12.2. The standard InChI is InChI=1S/C20H20N4O/c1-14-11-21-12-19(22-14)16-6-4-10-24(13-16)20(25)18-9-8-15-5-2-3-7-17(15)23-18/h2-3,5,7-9,11-12,16H,4,6,10,13H2,1H3/t16-/m1/s1. The lowest BCUT2D eigenvalue weighted by Gasteiger charge is -2.32. The van der Waals surface area contributed by atoms with Crippen molar-refractivity contribution in [2.24, 2.45) is 0 Å². The first-order valence-corrected chi connectivity index (χ1v) is 8.64. The van der Waals surface area contributed by atoms with Crippen molar-refractivity contribution in [2.45, 2.75) is 25.7 Å². The van der Waals surface area contributed by atoms with Crippen LogP contribution in [0, 0.1) is 6.92 Å². The van der Waals surface area contributed by atoms with Gasteiger partial charge < -0.3 is 4.90 Å². The number of pyridine rings is 1. The van der Waals surface area contributed by atoms with Gasteiger partial charge in [0.25, 0.3) is 5.91 Å². The van der Waals surface area contributed by atoms with Crippen LogP contribution in [0.2, 0.25) is 0 Å². The lowest BCUT2D eigenvalue weighted by Crippen LogP contribution is -2.39. The highest BCUT2D eigenvalue weighted by Gasteiger charge is 2.27. The summed E-state index contributed by atoms with van der Waals surface area (Å²) in [6.45, 7) is 3.38. The van der Waals surface area contributed by atoms with Crippen LogP contribution in [0.1, 0.15) is 40.6 Å². The molecule has 0 spiro atoms. The van der Waals surface area contributed by atoms with Crippen molar-refractivity contribution in [3.63, 3.8) is 0 Å². The number of nitrogens with zero attached hydrogens (tertiary/aromatic N) is 4. The Balaban J connectivity index is 1.56. The number of benzene rings is 1. The van der Waals surface area contributed by atoms with E-state index in [1.165, 1.54) is 0 Å². The molecule has 1 aliphatic heterocycles. The number of rotatable bonds is 2. The second-order valence-corrected chi connectivity index (χ2v) is 6.56. The number of piperidine rings is 1. The molecule has 5 nitrogen and oxygen atoms in total. The highest BCUT2D eigenvalue weighted by Crippen LogP contribution is 2.26. The predicted octanol–water partition coefficient (Wildman–Crippen LogP) is 3.35. The van der Waals surface area contributed by atoms with Crippen molar-refractivity contribution in [1.29, 1.82) is 0 Å². The number of hydrogen-bond acceptors (Lipinski definition) is 4. The highest BCUT2D eigenvalue weighted by molar-refractivity contribution is 5.95. The molecule has 3 heterocycles. The van der Waals surface area contributed by atoms with E-state index in [1.54, 1.807) is 6.20 Å². The number of para-hydroxylation sites is 1. The summed E-state index contributed by atoms with van der Waals surface area (Å²) in [5.74, 6) is 0.238. The van der Waals surface area contributed by atoms with Gasteiger partial charge in [0.1, 0.15) is 5.69 Å². The van der Waals surface area contributed by atoms with Gasteiger partial charge in [-0.2, -0.15) is 0 Å². The van der Waals surface area contributed by atoms with Crippen molar-refractivity contribution < 1.29 is 4.79 Å². The van der Waals surface area contributed by atoms with E-state index >= 15 is 0 Å². The Morgan fingerprint density at radius 2 is 2.00 bits per heavy atom. The van der Waals surface area contributed by atoms with Gasteiger partial charge >= 0.3 is 0 Å². The number of aryl methyl sites for hydroxylation is 1. The molecule has 0 N–H and O–H groups in total. The van der Waals surface area contributed by atoms with E-state index in [1.807, 2.05) is 54.4 Å². The Kier molecular flexibility index (Phi) is 4.14. The molecule has 3 aromatic rings. The predicted molar refractivity (Wildman–Crippen MR) is 96.4 cm³/mol. The Morgan fingerprint density at radius 1 is 1.12 bits per heavy atom. The molecule has 1 aromatic carbocycles. The quantitative estimate of drug-likeness (QED) is 0.722. The van der Waals surface area contributed by atoms with Crippen LogP contribution in [-0.2, 0) is 0 Å². The molecular weight excluding hydrogens is 312 g/mol. The molecule has 1 amide bonds. The van der Waals surface area contributed by atoms with E-state index in [9.17, 15) is 4.79 Å². The van der Waals surface area contributed by atoms with Crippen LogP contribution in [-0.4, -0.2) is 38.8 Å². The molecule has 5 heteroatoms. The second-order valence-electron chi connectivity index (χ2n) is 6.56. The molecule has 0 radical (unpaired) electrons. The number of carbonyl (C=O) groups is 1. The smallest absolute Gasteiger partial charge is 0.272 e. The maximum atomic E-state index is 12.9. The van der Waals surface area contributed by atoms with E-state index in [0.717, 1.165) is 41.7 Å². The maximum Gasteiger partial charge on any atom is 0.272 e. The number of hydrogen-bond donors (Lipinski definition) is 0. The first kappa shape index (κ1) is 15.7. The monoisotopic (exact) mass is 332 g/mol. The minimum absolute atomic E-state index is 0.00364. The van der Waals surface area contributed by atoms with E-state index in [4.69, 9.17) is 0 Å². The van der Waals surface area contributed by atoms with Crippen LogP contribution in [0.4, 0.5) is 0 Å². The average Bonchev–Trinajstić information content (AvgIpc) is 2.67. The normalized spacial score (nSPS) is 17.6. The summed E-state index contributed by atoms with van der Waals surface area (Å²) < 4.78 is 0. The van der Waals surface area contributed by atoms with Crippen LogP contribution in [0.15, 0.2) is 48.8 Å². The van der Waals surface area contributed by atoms with Gasteiger partial charge in [0.15, 0.2) is 0 Å². The molecule has 0 saturated carbocycles. The third-order valence-corrected chi connectivity index (χ3v) is 4.72. The van der Waals surface area contributed by atoms with Crippen molar-refractivity contribution in [3.8, 4) is 0 Å². The van der Waals surface area contributed by atoms with Crippen molar-refractivity contribution in [2.75, 3.05) is 13.1 Å². The number of likely N-dealkylation sites (tertiary alicyclic amines) is 1. The minimum Gasteiger partial charge on any atom is -0.337 e. The van der Waals surface area contributed by atoms with Gasteiger partial charge in [-0.05, 0) is 31.9 Å². The van der Waals surface area contributed by atoms with E-state index in [-0.39, 0.29) is 11.8 Å². The topological polar surface area (TPSA) is 59.0 Å². The Labute approximate surface area is 146 Å². The first-order valence-electron chi connectivity index (χ1n) is 8.64. The van der Waals surface area contributed by atoms with Crippen LogP contribution in [0.25, 0.3) is 10.9 Å². The molecule has 1 atom stereocenters. The molecule has 0 aliphatic carbocycles. The molecule has 2 aromatic heterocycles. The molecule has 1 aliphatic rings. The summed E-state index contributed by atoms with van der Waals surface area (Å²) in [5.41, 5.74) is 3.25. The third kappa shape index (κ3) is 3.22. The van der Waals surface area contributed by atoms with Gasteiger partial charge in [-0.1, -0.05) is 24.3 Å². The summed E-state index contributed by atoms with van der Waals surface area (Å²) in [6, 6.07) is 11.6. The van der Waals surface area contributed by atoms with Gasteiger partial charge in [-0.15, -0.1) is 0 Å². The van der Waals surface area contributed by atoms with E-state index in [2.05, 4.69) is 15.0 Å². The highest BCUT2D eigenvalue weighted by atomic mass is 16.2. The molecule has 1 fully saturated rings. The fourth-order valence-corrected chi connectivity index (χ4v) is 3.43. The van der Waals surface area contributed by atoms with E-state index in [0.29, 0.717) is 12.2 Å². The molecule has 25 heavy (non-hydrogen) atoms. The number of fused-ring (bicyclic) bond motifs is 1. The summed E-state index contributed by atoms with van der Waals surface area (Å²) in [4.78, 5) is 28.2. The SMILES string of the molecule is Cc1cncc([C@@H]2CCCN(C(=O)c3ccc4ccccc4n3)C2)n1. The fraction of sp³-hybridized carbons (Fsp3) is 0.300. The summed E-state index contributed by atoms with van der Waals surface area (Å²) in [7, 11) is 0. The minimum atomic E-state index is -0.00364. The number of amides is 1. The van der Waals surface area contributed by atoms with Crippen LogP contribution in [0.5, 0.6) is 0 Å². The zero-order chi connectivity index (χ0) is 17.2. The number of aromatic nitrogens is 3. The van der Waals surface area contributed by atoms with Gasteiger partial charge in [0, 0.05) is 36.8 Å². The van der Waals surface area contributed by atoms with Gasteiger partial charge in [0.05, 0.1) is 16.9 Å². The Hall–Kier alpha value is -2.82. The molecule has 1 saturated heterocycles. The lowest BCUT2D eigenvalue weighted by molar-refractivity contribution is 0.0700. The van der Waals surface area contributed by atoms with Crippen LogP contribution < -0.4 is 0 Å². The lowest BCUT2D eigenvalue weighted by atomic mass is 9.94. The molecular formula is C20H20N4O. The molecule has 126 valence electrons. The average molecular weight is 332 g/mol. The Morgan fingerprint density at radius 3 is 2.88 bits per heavy atom. The van der Waals surface area contributed by atoms with Gasteiger partial charge in [-0.25, -0.2) is 4.98 Å². The van der Waals surface area contributed by atoms with Crippen molar-refractivity contribution >= 4 is 16.8 Å². The van der Waals surface area contributed by atoms with Crippen molar-refractivity contribution in [1.82, 2.24) is 19.9 Å². The van der Waals surface area contributed by atoms with E-state index < -0.39 is 0 Å².